The number of phenolic OH excluding ortho intramolecular Hbond substituents is 1. The van der Waals surface area contributed by atoms with E-state index in [0.717, 1.165) is 32.3 Å². The third kappa shape index (κ3) is 2.02. The summed E-state index contributed by atoms with van der Waals surface area (Å²) < 4.78 is 0.796. The monoisotopic (exact) mass is 312 g/mol. The number of fused-ring (bicyclic) bond motifs is 1. The number of aromatic hydroxyl groups is 1. The van der Waals surface area contributed by atoms with Crippen LogP contribution in [0.15, 0.2) is 29.6 Å². The highest BCUT2D eigenvalue weighted by Crippen LogP contribution is 2.41. The molecule has 0 saturated carbocycles. The number of amides is 1. The molecular weight excluding hydrogens is 296 g/mol. The van der Waals surface area contributed by atoms with Crippen LogP contribution >= 0.6 is 11.3 Å². The molecule has 3 aromatic rings. The molecule has 5 heteroatoms. The van der Waals surface area contributed by atoms with E-state index in [4.69, 9.17) is 11.5 Å². The first-order valence-electron chi connectivity index (χ1n) is 6.80. The van der Waals surface area contributed by atoms with Crippen molar-refractivity contribution < 1.29 is 9.90 Å². The van der Waals surface area contributed by atoms with Crippen LogP contribution < -0.4 is 11.5 Å². The van der Waals surface area contributed by atoms with Crippen molar-refractivity contribution in [1.29, 1.82) is 0 Å². The minimum atomic E-state index is -0.540. The summed E-state index contributed by atoms with van der Waals surface area (Å²) in [4.78, 5) is 11.9. The van der Waals surface area contributed by atoms with E-state index in [1.165, 1.54) is 11.3 Å². The summed E-state index contributed by atoms with van der Waals surface area (Å²) in [7, 11) is 0. The number of thiophene rings is 1. The summed E-state index contributed by atoms with van der Waals surface area (Å²) in [6.45, 7) is 3.78. The fraction of sp³-hybridized carbons (Fsp3) is 0.118. The summed E-state index contributed by atoms with van der Waals surface area (Å²) in [5.41, 5.74) is 15.8. The van der Waals surface area contributed by atoms with E-state index in [1.807, 2.05) is 37.4 Å². The zero-order chi connectivity index (χ0) is 16.0. The number of carbonyl (C=O) groups excluding carboxylic acids is 1. The summed E-state index contributed by atoms with van der Waals surface area (Å²) in [5, 5.41) is 12.8. The van der Waals surface area contributed by atoms with Crippen molar-refractivity contribution in [3.8, 4) is 16.9 Å². The van der Waals surface area contributed by atoms with Crippen molar-refractivity contribution in [1.82, 2.24) is 0 Å². The van der Waals surface area contributed by atoms with Crippen LogP contribution in [0.4, 0.5) is 5.69 Å². The zero-order valence-corrected chi connectivity index (χ0v) is 13.1. The Kier molecular flexibility index (Phi) is 3.30. The van der Waals surface area contributed by atoms with Crippen molar-refractivity contribution >= 4 is 33.0 Å². The van der Waals surface area contributed by atoms with Crippen LogP contribution in [-0.2, 0) is 0 Å². The van der Waals surface area contributed by atoms with Crippen molar-refractivity contribution in [2.24, 2.45) is 5.73 Å². The molecule has 2 aromatic carbocycles. The minimum absolute atomic E-state index is 0.200. The highest BCUT2D eigenvalue weighted by Gasteiger charge is 2.20. The first-order valence-corrected chi connectivity index (χ1v) is 7.68. The number of primary amides is 1. The van der Waals surface area contributed by atoms with E-state index < -0.39 is 5.91 Å². The van der Waals surface area contributed by atoms with Crippen LogP contribution in [0.3, 0.4) is 0 Å². The molecule has 1 heterocycles. The van der Waals surface area contributed by atoms with Gasteiger partial charge in [0.1, 0.15) is 5.75 Å². The molecule has 0 spiro atoms. The number of hydrogen-bond donors (Lipinski definition) is 3. The second-order valence-electron chi connectivity index (χ2n) is 5.32. The van der Waals surface area contributed by atoms with Crippen LogP contribution in [0.5, 0.6) is 5.75 Å². The Hall–Kier alpha value is -2.53. The molecule has 5 N–H and O–H groups in total. The Morgan fingerprint density at radius 2 is 1.95 bits per heavy atom. The fourth-order valence-electron chi connectivity index (χ4n) is 2.83. The summed E-state index contributed by atoms with van der Waals surface area (Å²) in [6, 6.07) is 7.37. The quantitative estimate of drug-likeness (QED) is 0.632. The van der Waals surface area contributed by atoms with Gasteiger partial charge in [0, 0.05) is 10.3 Å². The number of benzene rings is 2. The molecule has 0 aliphatic rings. The lowest BCUT2D eigenvalue weighted by molar-refractivity contribution is 0.100. The smallest absolute Gasteiger partial charge is 0.252 e. The van der Waals surface area contributed by atoms with Crippen LogP contribution in [0.2, 0.25) is 0 Å². The van der Waals surface area contributed by atoms with Crippen LogP contribution in [0.1, 0.15) is 21.5 Å². The Morgan fingerprint density at radius 3 is 2.64 bits per heavy atom. The average Bonchev–Trinajstić information content (AvgIpc) is 2.91. The van der Waals surface area contributed by atoms with Crippen molar-refractivity contribution in [2.45, 2.75) is 13.8 Å². The minimum Gasteiger partial charge on any atom is -0.508 e. The van der Waals surface area contributed by atoms with Gasteiger partial charge in [-0.2, -0.15) is 0 Å². The molecule has 0 unspecified atom stereocenters. The SMILES string of the molecule is Cc1ccc(O)c(C)c1-c1cc2ccsc2c(C(N)=O)c1N. The van der Waals surface area contributed by atoms with E-state index in [-0.39, 0.29) is 5.75 Å². The lowest BCUT2D eigenvalue weighted by Crippen LogP contribution is -2.14. The lowest BCUT2D eigenvalue weighted by Gasteiger charge is -2.16. The molecule has 22 heavy (non-hydrogen) atoms. The molecule has 0 saturated heterocycles. The number of nitrogens with two attached hydrogens (primary N) is 2. The van der Waals surface area contributed by atoms with Crippen LogP contribution in [0, 0.1) is 13.8 Å². The molecule has 112 valence electrons. The zero-order valence-electron chi connectivity index (χ0n) is 12.3. The van der Waals surface area contributed by atoms with Crippen LogP contribution in [-0.4, -0.2) is 11.0 Å². The third-order valence-corrected chi connectivity index (χ3v) is 4.89. The molecule has 0 radical (unpaired) electrons. The number of anilines is 1. The van der Waals surface area contributed by atoms with E-state index in [9.17, 15) is 9.90 Å². The van der Waals surface area contributed by atoms with Gasteiger partial charge in [-0.15, -0.1) is 11.3 Å². The van der Waals surface area contributed by atoms with E-state index in [2.05, 4.69) is 0 Å². The predicted molar refractivity (Wildman–Crippen MR) is 91.3 cm³/mol. The highest BCUT2D eigenvalue weighted by atomic mass is 32.1. The van der Waals surface area contributed by atoms with Gasteiger partial charge in [0.05, 0.1) is 11.3 Å². The molecule has 1 aromatic heterocycles. The Labute approximate surface area is 132 Å². The first kappa shape index (κ1) is 14.4. The Morgan fingerprint density at radius 1 is 1.23 bits per heavy atom. The Bertz CT molecular complexity index is 913. The topological polar surface area (TPSA) is 89.3 Å². The molecule has 4 nitrogen and oxygen atoms in total. The maximum absolute atomic E-state index is 11.9. The molecular formula is C17H16N2O2S. The second-order valence-corrected chi connectivity index (χ2v) is 6.23. The average molecular weight is 312 g/mol. The fourth-order valence-corrected chi connectivity index (χ4v) is 3.77. The molecule has 0 aliphatic carbocycles. The first-order chi connectivity index (χ1) is 10.4. The van der Waals surface area contributed by atoms with Gasteiger partial charge in [0.25, 0.3) is 5.91 Å². The number of nitrogen functional groups attached to an aromatic ring is 1. The lowest BCUT2D eigenvalue weighted by atomic mass is 9.91. The van der Waals surface area contributed by atoms with Crippen molar-refractivity contribution in [2.75, 3.05) is 5.73 Å². The third-order valence-electron chi connectivity index (χ3n) is 3.94. The maximum atomic E-state index is 11.9. The number of rotatable bonds is 2. The molecule has 0 atom stereocenters. The van der Waals surface area contributed by atoms with E-state index in [0.29, 0.717) is 11.3 Å². The predicted octanol–water partition coefficient (Wildman–Crippen LogP) is 3.57. The van der Waals surface area contributed by atoms with Crippen LogP contribution in [0.25, 0.3) is 21.2 Å². The second kappa shape index (κ2) is 5.03. The van der Waals surface area contributed by atoms with Gasteiger partial charge in [0.2, 0.25) is 0 Å². The maximum Gasteiger partial charge on any atom is 0.252 e. The van der Waals surface area contributed by atoms with Gasteiger partial charge in [-0.05, 0) is 59.5 Å². The summed E-state index contributed by atoms with van der Waals surface area (Å²) in [5.74, 6) is -0.340. The number of aryl methyl sites for hydroxylation is 1. The standard InChI is InChI=1S/C17H16N2O2S/c1-8-3-4-12(20)9(2)13(8)11-7-10-5-6-22-16(10)14(15(11)18)17(19)21/h3-7,20H,18H2,1-2H3,(H2,19,21). The van der Waals surface area contributed by atoms with Crippen molar-refractivity contribution in [3.05, 3.63) is 46.3 Å². The number of carbonyl (C=O) groups is 1. The van der Waals surface area contributed by atoms with Gasteiger partial charge in [-0.1, -0.05) is 6.07 Å². The largest absolute Gasteiger partial charge is 0.508 e. The molecule has 0 bridgehead atoms. The van der Waals surface area contributed by atoms with Crippen molar-refractivity contribution in [3.63, 3.8) is 0 Å². The van der Waals surface area contributed by atoms with Gasteiger partial charge >= 0.3 is 0 Å². The normalized spacial score (nSPS) is 11.0. The Balaban J connectivity index is 2.45. The highest BCUT2D eigenvalue weighted by molar-refractivity contribution is 7.17. The number of hydrogen-bond acceptors (Lipinski definition) is 4. The van der Waals surface area contributed by atoms with Gasteiger partial charge in [-0.25, -0.2) is 0 Å². The molecule has 1 amide bonds. The molecule has 0 fully saturated rings. The summed E-state index contributed by atoms with van der Waals surface area (Å²) in [6.07, 6.45) is 0. The van der Waals surface area contributed by atoms with Gasteiger partial charge in [-0.3, -0.25) is 4.79 Å². The van der Waals surface area contributed by atoms with Gasteiger partial charge < -0.3 is 16.6 Å². The molecule has 0 aliphatic heterocycles. The van der Waals surface area contributed by atoms with E-state index >= 15 is 0 Å². The van der Waals surface area contributed by atoms with Gasteiger partial charge in [0.15, 0.2) is 0 Å². The number of phenols is 1. The summed E-state index contributed by atoms with van der Waals surface area (Å²) >= 11 is 1.44. The van der Waals surface area contributed by atoms with E-state index in [1.54, 1.807) is 6.07 Å². The molecule has 3 rings (SSSR count).